The van der Waals surface area contributed by atoms with Crippen molar-refractivity contribution in [2.24, 2.45) is 5.73 Å². The number of aliphatic hydroxyl groups excluding tert-OH is 1. The maximum atomic E-state index is 13.4. The minimum atomic E-state index is -3.48. The zero-order valence-electron chi connectivity index (χ0n) is 9.66. The third kappa shape index (κ3) is 3.69. The van der Waals surface area contributed by atoms with Crippen LogP contribution in [0.15, 0.2) is 15.0 Å². The lowest BCUT2D eigenvalue weighted by Crippen LogP contribution is -2.36. The van der Waals surface area contributed by atoms with E-state index in [0.717, 1.165) is 0 Å². The number of hydrogen-bond acceptors (Lipinski definition) is 4. The maximum absolute atomic E-state index is 13.4. The summed E-state index contributed by atoms with van der Waals surface area (Å²) in [4.78, 5) is 0. The van der Waals surface area contributed by atoms with Gasteiger partial charge in [0.2, 0.25) is 0 Å². The molecule has 0 heterocycles. The predicted molar refractivity (Wildman–Crippen MR) is 76.3 cm³/mol. The summed E-state index contributed by atoms with van der Waals surface area (Å²) < 4.78 is 31.9. The number of methoxy groups -OCH3 is 1. The average Bonchev–Trinajstić information content (AvgIpc) is 2.35. The van der Waals surface area contributed by atoms with Crippen LogP contribution < -0.4 is 10.5 Å². The molecule has 0 saturated heterocycles. The molecule has 0 unspecified atom stereocenters. The molecule has 0 fully saturated rings. The van der Waals surface area contributed by atoms with E-state index in [9.17, 15) is 13.9 Å². The fourth-order valence-electron chi connectivity index (χ4n) is 1.32. The number of aliphatic hydroxyl groups is 1. The summed E-state index contributed by atoms with van der Waals surface area (Å²) >= 11 is 6.10. The minimum absolute atomic E-state index is 0. The lowest BCUT2D eigenvalue weighted by atomic mass is 10.0. The molecule has 1 aromatic carbocycles. The Morgan fingerprint density at radius 1 is 1.42 bits per heavy atom. The van der Waals surface area contributed by atoms with Crippen molar-refractivity contribution in [1.29, 1.82) is 0 Å². The van der Waals surface area contributed by atoms with Crippen molar-refractivity contribution in [3.05, 3.63) is 20.6 Å². The van der Waals surface area contributed by atoms with Crippen LogP contribution in [-0.4, -0.2) is 29.9 Å². The monoisotopic (exact) mass is 425 g/mol. The zero-order valence-corrected chi connectivity index (χ0v) is 13.7. The van der Waals surface area contributed by atoms with Crippen molar-refractivity contribution < 1.29 is 23.7 Å². The largest absolute Gasteiger partial charge is 0.503 e. The number of rotatable bonds is 4. The predicted octanol–water partition coefficient (Wildman–Crippen LogP) is 2.98. The molecule has 0 amide bonds. The lowest BCUT2D eigenvalue weighted by Gasteiger charge is -2.24. The van der Waals surface area contributed by atoms with Crippen LogP contribution in [0.4, 0.5) is 8.78 Å². The quantitative estimate of drug-likeness (QED) is 0.691. The Morgan fingerprint density at radius 2 is 1.95 bits per heavy atom. The van der Waals surface area contributed by atoms with E-state index in [0.29, 0.717) is 0 Å². The topological polar surface area (TPSA) is 75.7 Å². The Kier molecular flexibility index (Phi) is 6.97. The van der Waals surface area contributed by atoms with Crippen molar-refractivity contribution in [2.45, 2.75) is 12.0 Å². The first kappa shape index (κ1) is 18.9. The van der Waals surface area contributed by atoms with E-state index in [1.165, 1.54) is 13.2 Å². The summed E-state index contributed by atoms with van der Waals surface area (Å²) in [6.07, 6.45) is 0. The first-order chi connectivity index (χ1) is 8.26. The standard InChI is InChI=1S/C10H11Br2F2NO3.ClH/c1-18-5-2-4(6(11)7(12)8(5)17)9(15)10(13,14)3-16;/h2,9,16-17H,3,15H2,1H3;1H/t9-;/m0./s1. The van der Waals surface area contributed by atoms with Gasteiger partial charge < -0.3 is 20.7 Å². The molecular formula is C10H12Br2ClF2NO3. The molecular weight excluding hydrogens is 415 g/mol. The van der Waals surface area contributed by atoms with E-state index in [-0.39, 0.29) is 38.4 Å². The van der Waals surface area contributed by atoms with E-state index in [2.05, 4.69) is 31.9 Å². The molecule has 19 heavy (non-hydrogen) atoms. The van der Waals surface area contributed by atoms with Gasteiger partial charge in [-0.15, -0.1) is 12.4 Å². The molecule has 0 saturated carbocycles. The van der Waals surface area contributed by atoms with Crippen LogP contribution in [0, 0.1) is 0 Å². The normalized spacial score (nSPS) is 12.8. The minimum Gasteiger partial charge on any atom is -0.503 e. The van der Waals surface area contributed by atoms with Crippen LogP contribution >= 0.6 is 44.3 Å². The van der Waals surface area contributed by atoms with Gasteiger partial charge in [0.05, 0.1) is 17.6 Å². The van der Waals surface area contributed by atoms with Gasteiger partial charge in [-0.3, -0.25) is 0 Å². The van der Waals surface area contributed by atoms with E-state index >= 15 is 0 Å². The molecule has 0 spiro atoms. The molecule has 1 rings (SSSR count). The van der Waals surface area contributed by atoms with Crippen molar-refractivity contribution in [3.8, 4) is 11.5 Å². The highest BCUT2D eigenvalue weighted by atomic mass is 79.9. The third-order valence-electron chi connectivity index (χ3n) is 2.39. The summed E-state index contributed by atoms with van der Waals surface area (Å²) in [6, 6.07) is -0.541. The molecule has 4 N–H and O–H groups in total. The number of nitrogens with two attached hydrogens (primary N) is 1. The van der Waals surface area contributed by atoms with E-state index in [1.54, 1.807) is 0 Å². The first-order valence-corrected chi connectivity index (χ1v) is 6.34. The van der Waals surface area contributed by atoms with Crippen LogP contribution in [0.5, 0.6) is 11.5 Å². The highest BCUT2D eigenvalue weighted by molar-refractivity contribution is 9.13. The Labute approximate surface area is 131 Å². The van der Waals surface area contributed by atoms with Gasteiger partial charge in [-0.05, 0) is 43.5 Å². The van der Waals surface area contributed by atoms with Gasteiger partial charge in [-0.2, -0.15) is 0 Å². The number of benzene rings is 1. The number of halogens is 5. The summed E-state index contributed by atoms with van der Waals surface area (Å²) in [6.45, 7) is -1.37. The highest BCUT2D eigenvalue weighted by Gasteiger charge is 2.39. The number of phenols is 1. The second-order valence-corrected chi connectivity index (χ2v) is 5.13. The van der Waals surface area contributed by atoms with Crippen LogP contribution in [0.3, 0.4) is 0 Å². The Morgan fingerprint density at radius 3 is 2.37 bits per heavy atom. The number of phenolic OH excluding ortho intramolecular Hbond substituents is 1. The van der Waals surface area contributed by atoms with Crippen molar-refractivity contribution in [3.63, 3.8) is 0 Å². The molecule has 0 aliphatic heterocycles. The number of alkyl halides is 2. The van der Waals surface area contributed by atoms with E-state index in [4.69, 9.17) is 15.6 Å². The van der Waals surface area contributed by atoms with Gasteiger partial charge in [-0.1, -0.05) is 0 Å². The fourth-order valence-corrected chi connectivity index (χ4v) is 2.29. The molecule has 110 valence electrons. The number of hydrogen-bond donors (Lipinski definition) is 3. The van der Waals surface area contributed by atoms with Crippen LogP contribution in [0.1, 0.15) is 11.6 Å². The number of ether oxygens (including phenoxy) is 1. The van der Waals surface area contributed by atoms with Crippen molar-refractivity contribution in [1.82, 2.24) is 0 Å². The smallest absolute Gasteiger partial charge is 0.289 e. The van der Waals surface area contributed by atoms with Gasteiger partial charge >= 0.3 is 0 Å². The van der Waals surface area contributed by atoms with Gasteiger partial charge in [-0.25, -0.2) is 8.78 Å². The van der Waals surface area contributed by atoms with Gasteiger partial charge in [0.15, 0.2) is 11.5 Å². The molecule has 0 aromatic heterocycles. The first-order valence-electron chi connectivity index (χ1n) is 4.75. The third-order valence-corrected chi connectivity index (χ3v) is 4.55. The molecule has 0 radical (unpaired) electrons. The molecule has 0 aliphatic carbocycles. The maximum Gasteiger partial charge on any atom is 0.289 e. The Bertz CT molecular complexity index is 463. The SMILES string of the molecule is COc1cc([C@H](N)C(F)(F)CO)c(Br)c(Br)c1O.Cl. The summed E-state index contributed by atoms with van der Waals surface area (Å²) in [7, 11) is 1.29. The van der Waals surface area contributed by atoms with Gasteiger partial charge in [0.1, 0.15) is 6.61 Å². The summed E-state index contributed by atoms with van der Waals surface area (Å²) in [5.74, 6) is -3.71. The Balaban J connectivity index is 0.00000324. The molecule has 1 aromatic rings. The number of aromatic hydroxyl groups is 1. The molecule has 4 nitrogen and oxygen atoms in total. The molecule has 1 atom stereocenters. The second-order valence-electron chi connectivity index (χ2n) is 3.54. The van der Waals surface area contributed by atoms with Crippen molar-refractivity contribution >= 4 is 44.3 Å². The second kappa shape index (κ2) is 7.03. The van der Waals surface area contributed by atoms with Crippen molar-refractivity contribution in [2.75, 3.05) is 13.7 Å². The molecule has 0 aliphatic rings. The molecule has 0 bridgehead atoms. The highest BCUT2D eigenvalue weighted by Crippen LogP contribution is 2.45. The molecule has 9 heteroatoms. The van der Waals surface area contributed by atoms with Gasteiger partial charge in [0.25, 0.3) is 5.92 Å². The van der Waals surface area contributed by atoms with Crippen LogP contribution in [0.25, 0.3) is 0 Å². The average molecular weight is 427 g/mol. The fraction of sp³-hybridized carbons (Fsp3) is 0.400. The summed E-state index contributed by atoms with van der Waals surface area (Å²) in [5, 5.41) is 18.3. The lowest BCUT2D eigenvalue weighted by molar-refractivity contribution is -0.0713. The Hall–Kier alpha value is -0.150. The van der Waals surface area contributed by atoms with Gasteiger partial charge in [0, 0.05) is 4.47 Å². The van der Waals surface area contributed by atoms with E-state index < -0.39 is 18.6 Å². The zero-order chi connectivity index (χ0) is 14.1. The van der Waals surface area contributed by atoms with Crippen LogP contribution in [-0.2, 0) is 0 Å². The van der Waals surface area contributed by atoms with E-state index in [1.807, 2.05) is 0 Å². The summed E-state index contributed by atoms with van der Waals surface area (Å²) in [5.41, 5.74) is 5.44. The van der Waals surface area contributed by atoms with Crippen LogP contribution in [0.2, 0.25) is 0 Å².